The van der Waals surface area contributed by atoms with Crippen LogP contribution in [-0.2, 0) is 19.3 Å². The first-order valence-corrected chi connectivity index (χ1v) is 11.4. The Morgan fingerprint density at radius 3 is 2.38 bits per heavy atom. The minimum atomic E-state index is 0. The second-order valence-electron chi connectivity index (χ2n) is 8.67. The van der Waals surface area contributed by atoms with E-state index >= 15 is 0 Å². The summed E-state index contributed by atoms with van der Waals surface area (Å²) in [5.41, 5.74) is 4.47. The zero-order valence-corrected chi connectivity index (χ0v) is 18.4. The van der Waals surface area contributed by atoms with Gasteiger partial charge in [0.05, 0.1) is 0 Å². The summed E-state index contributed by atoms with van der Waals surface area (Å²) < 4.78 is 6.16. The summed E-state index contributed by atoms with van der Waals surface area (Å²) >= 11 is 0. The minimum absolute atomic E-state index is 0. The van der Waals surface area contributed by atoms with Gasteiger partial charge in [-0.2, -0.15) is 0 Å². The van der Waals surface area contributed by atoms with Crippen molar-refractivity contribution in [3.05, 3.63) is 65.2 Å². The van der Waals surface area contributed by atoms with Gasteiger partial charge in [0.15, 0.2) is 0 Å². The summed E-state index contributed by atoms with van der Waals surface area (Å²) in [4.78, 5) is 0. The number of benzene rings is 2. The van der Waals surface area contributed by atoms with Gasteiger partial charge in [-0.3, -0.25) is 0 Å². The summed E-state index contributed by atoms with van der Waals surface area (Å²) in [6.45, 7) is 1.97. The maximum atomic E-state index is 6.16. The lowest BCUT2D eigenvalue weighted by Crippen LogP contribution is -2.35. The zero-order chi connectivity index (χ0) is 19.0. The highest BCUT2D eigenvalue weighted by atomic mass is 35.5. The second-order valence-corrected chi connectivity index (χ2v) is 8.67. The molecule has 1 atom stereocenters. The lowest BCUT2D eigenvalue weighted by atomic mass is 9.89. The summed E-state index contributed by atoms with van der Waals surface area (Å²) in [5, 5.41) is 3.65. The Hall–Kier alpha value is -1.51. The van der Waals surface area contributed by atoms with Gasteiger partial charge in [-0.15, -0.1) is 12.4 Å². The van der Waals surface area contributed by atoms with Crippen LogP contribution < -0.4 is 10.1 Å². The van der Waals surface area contributed by atoms with Gasteiger partial charge in [-0.25, -0.2) is 0 Å². The van der Waals surface area contributed by atoms with Crippen LogP contribution in [0.25, 0.3) is 0 Å². The molecule has 1 heterocycles. The fourth-order valence-electron chi connectivity index (χ4n) is 4.89. The molecule has 2 aromatic carbocycles. The molecule has 29 heavy (non-hydrogen) atoms. The Kier molecular flexibility index (Phi) is 8.89. The second kappa shape index (κ2) is 11.6. The third-order valence-corrected chi connectivity index (χ3v) is 6.55. The molecule has 0 unspecified atom stereocenters. The van der Waals surface area contributed by atoms with Gasteiger partial charge in [-0.1, -0.05) is 81.0 Å². The summed E-state index contributed by atoms with van der Waals surface area (Å²) in [5.74, 6) is 1.97. The van der Waals surface area contributed by atoms with Gasteiger partial charge < -0.3 is 10.1 Å². The number of halogens is 1. The highest BCUT2D eigenvalue weighted by Crippen LogP contribution is 2.28. The minimum Gasteiger partial charge on any atom is -0.489 e. The molecule has 0 saturated heterocycles. The molecule has 1 fully saturated rings. The highest BCUT2D eigenvalue weighted by Gasteiger charge is 2.19. The number of fused-ring (bicyclic) bond motifs is 1. The number of rotatable bonds is 7. The first-order chi connectivity index (χ1) is 13.9. The average Bonchev–Trinajstić information content (AvgIpc) is 3.01. The third-order valence-electron chi connectivity index (χ3n) is 6.55. The Balaban J connectivity index is 0.00000240. The number of aryl methyl sites for hydroxylation is 1. The number of nitrogens with one attached hydrogen (secondary N) is 1. The summed E-state index contributed by atoms with van der Waals surface area (Å²) in [6.07, 6.45) is 13.5. The van der Waals surface area contributed by atoms with Crippen LogP contribution >= 0.6 is 12.4 Å². The number of para-hydroxylation sites is 1. The first-order valence-electron chi connectivity index (χ1n) is 11.4. The fourth-order valence-corrected chi connectivity index (χ4v) is 4.89. The van der Waals surface area contributed by atoms with Crippen molar-refractivity contribution >= 4 is 12.4 Å². The number of hydrogen-bond donors (Lipinski definition) is 1. The molecular weight excluding hydrogens is 378 g/mol. The van der Waals surface area contributed by atoms with Crippen molar-refractivity contribution in [3.8, 4) is 5.75 Å². The molecule has 3 heteroatoms. The van der Waals surface area contributed by atoms with Crippen molar-refractivity contribution in [1.29, 1.82) is 0 Å². The first kappa shape index (κ1) is 22.2. The highest BCUT2D eigenvalue weighted by molar-refractivity contribution is 5.85. The van der Waals surface area contributed by atoms with Gasteiger partial charge in [0, 0.05) is 6.54 Å². The van der Waals surface area contributed by atoms with E-state index in [1.807, 2.05) is 0 Å². The molecule has 0 aromatic heterocycles. The summed E-state index contributed by atoms with van der Waals surface area (Å²) in [7, 11) is 0. The molecule has 2 aromatic rings. The predicted molar refractivity (Wildman–Crippen MR) is 124 cm³/mol. The molecule has 0 radical (unpaired) electrons. The van der Waals surface area contributed by atoms with E-state index in [1.54, 1.807) is 5.56 Å². The van der Waals surface area contributed by atoms with Crippen LogP contribution in [0.2, 0.25) is 0 Å². The van der Waals surface area contributed by atoms with E-state index in [2.05, 4.69) is 53.8 Å². The van der Waals surface area contributed by atoms with Crippen LogP contribution in [0, 0.1) is 5.92 Å². The lowest BCUT2D eigenvalue weighted by molar-refractivity contribution is 0.171. The maximum Gasteiger partial charge on any atom is 0.122 e. The summed E-state index contributed by atoms with van der Waals surface area (Å²) in [6, 6.07) is 17.6. The molecule has 2 nitrogen and oxygen atoms in total. The van der Waals surface area contributed by atoms with E-state index in [9.17, 15) is 0 Å². The Labute approximate surface area is 182 Å². The van der Waals surface area contributed by atoms with E-state index in [0.29, 0.717) is 6.10 Å². The quantitative estimate of drug-likeness (QED) is 0.434. The fraction of sp³-hybridized carbons (Fsp3) is 0.538. The Bertz CT molecular complexity index is 739. The van der Waals surface area contributed by atoms with Crippen LogP contribution in [0.1, 0.15) is 61.6 Å². The van der Waals surface area contributed by atoms with Crippen molar-refractivity contribution in [2.45, 2.75) is 70.3 Å². The van der Waals surface area contributed by atoms with E-state index in [0.717, 1.165) is 44.0 Å². The molecule has 1 aliphatic heterocycles. The van der Waals surface area contributed by atoms with Gasteiger partial charge in [0.2, 0.25) is 0 Å². The zero-order valence-electron chi connectivity index (χ0n) is 17.6. The SMILES string of the molecule is Cl.c1ccc(CC2CCCCCC2)c(CCNC[C@@H]2CCc3ccccc3O2)c1. The molecule has 2 aliphatic rings. The Morgan fingerprint density at radius 2 is 1.55 bits per heavy atom. The van der Waals surface area contributed by atoms with Crippen molar-refractivity contribution in [2.75, 3.05) is 13.1 Å². The van der Waals surface area contributed by atoms with E-state index < -0.39 is 0 Å². The molecule has 0 spiro atoms. The van der Waals surface area contributed by atoms with E-state index in [4.69, 9.17) is 4.74 Å². The van der Waals surface area contributed by atoms with E-state index in [1.165, 1.54) is 56.1 Å². The lowest BCUT2D eigenvalue weighted by Gasteiger charge is -2.26. The largest absolute Gasteiger partial charge is 0.489 e. The molecule has 0 bridgehead atoms. The molecule has 158 valence electrons. The smallest absolute Gasteiger partial charge is 0.122 e. The van der Waals surface area contributed by atoms with E-state index in [-0.39, 0.29) is 12.4 Å². The molecule has 4 rings (SSSR count). The van der Waals surface area contributed by atoms with Gasteiger partial charge >= 0.3 is 0 Å². The Morgan fingerprint density at radius 1 is 0.828 bits per heavy atom. The molecule has 1 aliphatic carbocycles. The molecular formula is C26H36ClNO. The van der Waals surface area contributed by atoms with Crippen LogP contribution in [0.5, 0.6) is 5.75 Å². The maximum absolute atomic E-state index is 6.16. The number of ether oxygens (including phenoxy) is 1. The van der Waals surface area contributed by atoms with Crippen molar-refractivity contribution in [2.24, 2.45) is 5.92 Å². The van der Waals surface area contributed by atoms with Crippen molar-refractivity contribution < 1.29 is 4.74 Å². The van der Waals surface area contributed by atoms with Gasteiger partial charge in [0.1, 0.15) is 11.9 Å². The van der Waals surface area contributed by atoms with Crippen LogP contribution in [0.4, 0.5) is 0 Å². The van der Waals surface area contributed by atoms with Crippen LogP contribution in [-0.4, -0.2) is 19.2 Å². The van der Waals surface area contributed by atoms with Crippen LogP contribution in [0.3, 0.4) is 0 Å². The molecule has 1 saturated carbocycles. The van der Waals surface area contributed by atoms with Crippen molar-refractivity contribution in [1.82, 2.24) is 5.32 Å². The standard InChI is InChI=1S/C26H35NO.ClH/c1-2-4-10-21(9-3-1)19-24-13-6-5-11-22(24)17-18-27-20-25-16-15-23-12-7-8-14-26(23)28-25;/h5-8,11-14,21,25,27H,1-4,9-10,15-20H2;1H/t25-;/m0./s1. The van der Waals surface area contributed by atoms with Crippen LogP contribution in [0.15, 0.2) is 48.5 Å². The normalized spacial score (nSPS) is 19.5. The molecule has 1 N–H and O–H groups in total. The topological polar surface area (TPSA) is 21.3 Å². The predicted octanol–water partition coefficient (Wildman–Crippen LogP) is 6.15. The van der Waals surface area contributed by atoms with Gasteiger partial charge in [0.25, 0.3) is 0 Å². The number of hydrogen-bond acceptors (Lipinski definition) is 2. The van der Waals surface area contributed by atoms with Gasteiger partial charge in [-0.05, 0) is 60.9 Å². The average molecular weight is 414 g/mol. The third kappa shape index (κ3) is 6.49. The monoisotopic (exact) mass is 413 g/mol. The van der Waals surface area contributed by atoms with Crippen molar-refractivity contribution in [3.63, 3.8) is 0 Å². The molecule has 0 amide bonds.